The number of hydrogen-bond acceptors (Lipinski definition) is 12. The van der Waals surface area contributed by atoms with E-state index in [0.29, 0.717) is 29.2 Å². The van der Waals surface area contributed by atoms with Crippen LogP contribution in [0.15, 0.2) is 66.3 Å². The predicted octanol–water partition coefficient (Wildman–Crippen LogP) is 8.22. The van der Waals surface area contributed by atoms with Gasteiger partial charge in [0.1, 0.15) is 42.3 Å². The highest BCUT2D eigenvalue weighted by Gasteiger charge is 2.64. The van der Waals surface area contributed by atoms with E-state index in [1.54, 1.807) is 79.0 Å². The first-order valence-electron chi connectivity index (χ1n) is 24.8. The molecular weight excluding hydrogens is 997 g/mol. The molecule has 4 aromatic rings. The molecule has 0 spiro atoms. The molecule has 2 aromatic carbocycles. The fourth-order valence-corrected chi connectivity index (χ4v) is 11.2. The number of aromatic nitrogens is 2. The van der Waals surface area contributed by atoms with Crippen molar-refractivity contribution in [1.29, 1.82) is 5.26 Å². The largest absolute Gasteiger partial charge is 0.489 e. The molecule has 2 aromatic heterocycles. The third kappa shape index (κ3) is 14.4. The summed E-state index contributed by atoms with van der Waals surface area (Å²) in [5, 5.41) is 29.0. The van der Waals surface area contributed by atoms with Crippen LogP contribution >= 0.6 is 22.9 Å². The number of likely N-dealkylation sites (tertiary alicyclic amines) is 1. The highest BCUT2D eigenvalue weighted by atomic mass is 35.5. The summed E-state index contributed by atoms with van der Waals surface area (Å²) in [5.41, 5.74) is 4.15. The van der Waals surface area contributed by atoms with Crippen molar-refractivity contribution in [2.45, 2.75) is 131 Å². The maximum atomic E-state index is 14.2. The molecule has 4 amide bonds. The van der Waals surface area contributed by atoms with E-state index < -0.39 is 77.4 Å². The van der Waals surface area contributed by atoms with E-state index in [1.165, 1.54) is 4.90 Å². The Bertz CT molecular complexity index is 2640. The number of aliphatic hydroxyl groups is 1. The first-order chi connectivity index (χ1) is 34.7. The van der Waals surface area contributed by atoms with E-state index in [9.17, 15) is 42.7 Å². The van der Waals surface area contributed by atoms with E-state index in [1.807, 2.05) is 71.9 Å². The number of β-amino-alcohol motifs (C(OH)–C–C–N with tert-alkyl or cyclic N) is 1. The topological polar surface area (TPSA) is 199 Å². The van der Waals surface area contributed by atoms with Crippen molar-refractivity contribution in [1.82, 2.24) is 35.7 Å². The van der Waals surface area contributed by atoms with Gasteiger partial charge in [-0.1, -0.05) is 90.4 Å². The summed E-state index contributed by atoms with van der Waals surface area (Å²) in [4.78, 5) is 67.3. The van der Waals surface area contributed by atoms with E-state index in [4.69, 9.17) is 21.1 Å². The van der Waals surface area contributed by atoms with Gasteiger partial charge in [-0.25, -0.2) is 4.98 Å². The van der Waals surface area contributed by atoms with Crippen LogP contribution in [0.2, 0.25) is 5.02 Å². The predicted molar refractivity (Wildman–Crippen MR) is 276 cm³/mol. The van der Waals surface area contributed by atoms with Gasteiger partial charge in [0.2, 0.25) is 17.7 Å². The Kier molecular flexibility index (Phi) is 18.6. The number of aliphatic hydroxyl groups excluding tert-OH is 1. The van der Waals surface area contributed by atoms with Crippen molar-refractivity contribution in [3.05, 3.63) is 99.4 Å². The van der Waals surface area contributed by atoms with Gasteiger partial charge in [-0.3, -0.25) is 24.2 Å². The quantitative estimate of drug-likeness (QED) is 0.0587. The van der Waals surface area contributed by atoms with Gasteiger partial charge in [0.25, 0.3) is 5.91 Å². The normalized spacial score (nSPS) is 20.0. The first-order valence-corrected chi connectivity index (χ1v) is 26.0. The second-order valence-electron chi connectivity index (χ2n) is 21.6. The Hall–Kier alpha value is -5.65. The minimum Gasteiger partial charge on any atom is -0.489 e. The number of nitriles is 1. The zero-order valence-corrected chi connectivity index (χ0v) is 45.0. The zero-order valence-electron chi connectivity index (χ0n) is 43.4. The van der Waals surface area contributed by atoms with Gasteiger partial charge in [-0.2, -0.15) is 18.4 Å². The molecular formula is C54H68ClF3N8O7S. The number of ether oxygens (including phenoxy) is 2. The Morgan fingerprint density at radius 3 is 2.30 bits per heavy atom. The van der Waals surface area contributed by atoms with Gasteiger partial charge in [-0.15, -0.1) is 11.3 Å². The lowest BCUT2D eigenvalue weighted by Gasteiger charge is -2.63. The molecule has 6 rings (SSSR count). The van der Waals surface area contributed by atoms with Gasteiger partial charge in [-0.05, 0) is 73.5 Å². The molecule has 1 saturated heterocycles. The number of benzene rings is 2. The maximum Gasteiger partial charge on any atom is 0.390 e. The van der Waals surface area contributed by atoms with Crippen molar-refractivity contribution in [3.63, 3.8) is 0 Å². The summed E-state index contributed by atoms with van der Waals surface area (Å²) in [7, 11) is 0. The maximum absolute atomic E-state index is 14.2. The van der Waals surface area contributed by atoms with Crippen molar-refractivity contribution in [2.24, 2.45) is 16.2 Å². The third-order valence-corrected chi connectivity index (χ3v) is 15.3. The number of amides is 4. The minimum atomic E-state index is -4.39. The lowest BCUT2D eigenvalue weighted by molar-refractivity contribution is -0.164. The Morgan fingerprint density at radius 2 is 1.70 bits per heavy atom. The van der Waals surface area contributed by atoms with Crippen LogP contribution in [0.4, 0.5) is 13.2 Å². The summed E-state index contributed by atoms with van der Waals surface area (Å²) in [5.74, 6) is -1.44. The van der Waals surface area contributed by atoms with E-state index >= 15 is 0 Å². The van der Waals surface area contributed by atoms with Gasteiger partial charge in [0, 0.05) is 55.2 Å². The Labute approximate surface area is 440 Å². The fraction of sp³-hybridized carbons (Fsp3) is 0.537. The molecule has 15 nitrogen and oxygen atoms in total. The van der Waals surface area contributed by atoms with E-state index in [2.05, 4.69) is 25.9 Å². The van der Waals surface area contributed by atoms with Crippen LogP contribution in [0.3, 0.4) is 0 Å². The molecule has 1 unspecified atom stereocenters. The number of rotatable bonds is 21. The SMILES string of the molecule is Cc1ncsc1-c1ccc([C@H](C)NC(=O)[C@@H]2C[C@@H](O)CN2C(=O)C(NC(=O)COCCN(CCCc2ccc(C(=O)NC3C(C)(C)C(Oc4ccc(C#N)c(Cl)c4)C3(C)C)nc2)CCC(F)(F)F)C(C)(C)C)cc1. The average molecular weight is 1070 g/mol. The number of nitrogens with zero attached hydrogens (tertiary/aromatic N) is 5. The lowest BCUT2D eigenvalue weighted by atomic mass is 9.49. The summed E-state index contributed by atoms with van der Waals surface area (Å²) in [6.07, 6.45) is -4.12. The van der Waals surface area contributed by atoms with E-state index in [-0.39, 0.29) is 63.0 Å². The van der Waals surface area contributed by atoms with E-state index in [0.717, 1.165) is 27.3 Å². The van der Waals surface area contributed by atoms with Crippen LogP contribution in [0.5, 0.6) is 5.75 Å². The molecule has 2 aliphatic rings. The number of nitrogens with one attached hydrogen (secondary N) is 3. The number of pyridine rings is 1. The monoisotopic (exact) mass is 1060 g/mol. The molecule has 1 saturated carbocycles. The number of carbonyl (C=O) groups is 4. The highest BCUT2D eigenvalue weighted by molar-refractivity contribution is 7.13. The number of aryl methyl sites for hydroxylation is 2. The Balaban J connectivity index is 0.964. The number of hydrogen-bond donors (Lipinski definition) is 4. The number of alkyl halides is 3. The fourth-order valence-electron chi connectivity index (χ4n) is 10.2. The van der Waals surface area contributed by atoms with Gasteiger partial charge in [0.15, 0.2) is 0 Å². The molecule has 0 bridgehead atoms. The van der Waals surface area contributed by atoms with Crippen LogP contribution in [-0.4, -0.2) is 124 Å². The molecule has 4 atom stereocenters. The summed E-state index contributed by atoms with van der Waals surface area (Å²) >= 11 is 7.78. The van der Waals surface area contributed by atoms with Crippen LogP contribution in [0.25, 0.3) is 10.4 Å². The molecule has 3 heterocycles. The standard InChI is InChI=1S/C54H68ClF3N8O7S/c1-32(35-13-15-36(16-14-35)44-33(2)61-31-74-44)62-47(70)42-25-38(67)29-66(42)48(71)45(51(3,4)5)63-43(68)30-72-24-23-65(22-20-54(56,57)58)21-10-11-34-12-19-41(60-28-34)46(69)64-49-52(6,7)50(53(49,8)9)73-39-18-17-37(27-59)40(55)26-39/h12-19,26,28,31-32,38,42,45,49-50,67H,10-11,20-25,29-30H2,1-9H3,(H,62,70)(H,63,68)(H,64,69)/t32-,38+,42-,45?,49?,50?/m0/s1. The number of halogens is 4. The average Bonchev–Trinajstić information content (AvgIpc) is 3.96. The summed E-state index contributed by atoms with van der Waals surface area (Å²) in [6, 6.07) is 15.3. The van der Waals surface area contributed by atoms with Gasteiger partial charge >= 0.3 is 6.18 Å². The lowest BCUT2D eigenvalue weighted by Crippen LogP contribution is -2.74. The Morgan fingerprint density at radius 1 is 1.00 bits per heavy atom. The van der Waals surface area contributed by atoms with Crippen molar-refractivity contribution < 1.29 is 46.9 Å². The third-order valence-electron chi connectivity index (χ3n) is 14.0. The van der Waals surface area contributed by atoms with Crippen molar-refractivity contribution >= 4 is 46.6 Å². The highest BCUT2D eigenvalue weighted by Crippen LogP contribution is 2.55. The molecule has 2 fully saturated rings. The smallest absolute Gasteiger partial charge is 0.390 e. The number of carbonyl (C=O) groups excluding carboxylic acids is 4. The molecule has 4 N–H and O–H groups in total. The van der Waals surface area contributed by atoms with Crippen molar-refractivity contribution in [3.8, 4) is 22.3 Å². The molecule has 1 aliphatic carbocycles. The van der Waals surface area contributed by atoms with Crippen LogP contribution in [0.1, 0.15) is 114 Å². The second kappa shape index (κ2) is 23.9. The van der Waals surface area contributed by atoms with Gasteiger partial charge in [0.05, 0.1) is 51.8 Å². The zero-order chi connectivity index (χ0) is 54.3. The molecule has 1 aliphatic heterocycles. The summed E-state index contributed by atoms with van der Waals surface area (Å²) < 4.78 is 52.1. The summed E-state index contributed by atoms with van der Waals surface area (Å²) in [6.45, 7) is 16.5. The van der Waals surface area contributed by atoms with Crippen LogP contribution < -0.4 is 20.7 Å². The molecule has 20 heteroatoms. The molecule has 74 heavy (non-hydrogen) atoms. The van der Waals surface area contributed by atoms with Crippen LogP contribution in [0, 0.1) is 34.5 Å². The van der Waals surface area contributed by atoms with Gasteiger partial charge < -0.3 is 40.3 Å². The molecule has 400 valence electrons. The second-order valence-corrected chi connectivity index (χ2v) is 22.9. The minimum absolute atomic E-state index is 0.0196. The first kappa shape index (κ1) is 57.6. The van der Waals surface area contributed by atoms with Crippen LogP contribution in [-0.2, 0) is 25.5 Å². The molecule has 0 radical (unpaired) electrons. The van der Waals surface area contributed by atoms with Crippen molar-refractivity contribution in [2.75, 3.05) is 39.4 Å². The number of thiazole rings is 1.